The van der Waals surface area contributed by atoms with E-state index < -0.39 is 10.1 Å². The van der Waals surface area contributed by atoms with Crippen molar-refractivity contribution >= 4 is 10.1 Å². The first-order valence-corrected chi connectivity index (χ1v) is 10.9. The third-order valence-corrected chi connectivity index (χ3v) is 5.45. The average molecular weight is 377 g/mol. The van der Waals surface area contributed by atoms with Gasteiger partial charge in [0.05, 0.1) is 4.90 Å². The summed E-state index contributed by atoms with van der Waals surface area (Å²) in [5.41, 5.74) is 1.10. The number of unbranched alkanes of at least 4 members (excludes halogenated alkanes) is 8. The fraction of sp³-hybridized carbons (Fsp3) is 0.700. The Morgan fingerprint density at radius 1 is 0.880 bits per heavy atom. The van der Waals surface area contributed by atoms with Gasteiger partial charge in [0.2, 0.25) is 0 Å². The Hall–Kier alpha value is 0.130. The molecule has 0 spiro atoms. The second-order valence-electron chi connectivity index (χ2n) is 7.02. The summed E-state index contributed by atoms with van der Waals surface area (Å²) in [5, 5.41) is 0. The van der Waals surface area contributed by atoms with Crippen molar-refractivity contribution in [1.82, 2.24) is 0 Å². The van der Waals surface area contributed by atoms with Crippen molar-refractivity contribution in [3.63, 3.8) is 0 Å². The quantitative estimate of drug-likeness (QED) is 0.302. The first kappa shape index (κ1) is 25.1. The van der Waals surface area contributed by atoms with Crippen molar-refractivity contribution in [2.75, 3.05) is 0 Å². The van der Waals surface area contributed by atoms with E-state index in [2.05, 4.69) is 13.8 Å². The number of benzene rings is 1. The number of hydrogen-bond donors (Lipinski definition) is 0. The van der Waals surface area contributed by atoms with E-state index in [1.165, 1.54) is 76.3 Å². The maximum absolute atomic E-state index is 10.9. The van der Waals surface area contributed by atoms with E-state index in [4.69, 9.17) is 0 Å². The minimum atomic E-state index is -4.33. The van der Waals surface area contributed by atoms with Crippen LogP contribution in [-0.2, 0) is 16.5 Å². The molecule has 1 unspecified atom stereocenters. The van der Waals surface area contributed by atoms with E-state index in [1.54, 1.807) is 12.1 Å². The van der Waals surface area contributed by atoms with Crippen molar-refractivity contribution in [3.8, 4) is 0 Å². The first-order chi connectivity index (χ1) is 11.4. The van der Waals surface area contributed by atoms with Crippen molar-refractivity contribution in [2.45, 2.75) is 89.4 Å². The molecule has 0 aliphatic carbocycles. The second-order valence-corrected chi connectivity index (χ2v) is 8.40. The first-order valence-electron chi connectivity index (χ1n) is 9.48. The smallest absolute Gasteiger partial charge is 0.744 e. The van der Waals surface area contributed by atoms with Gasteiger partial charge in [-0.2, -0.15) is 0 Å². The van der Waals surface area contributed by atoms with Crippen LogP contribution in [0, 0.1) is 5.92 Å². The normalized spacial score (nSPS) is 12.6. The van der Waals surface area contributed by atoms with Crippen molar-refractivity contribution in [3.05, 3.63) is 29.8 Å². The average Bonchev–Trinajstić information content (AvgIpc) is 2.53. The zero-order valence-electron chi connectivity index (χ0n) is 16.3. The molecule has 1 aromatic carbocycles. The van der Waals surface area contributed by atoms with Gasteiger partial charge in [0.25, 0.3) is 0 Å². The van der Waals surface area contributed by atoms with Crippen molar-refractivity contribution in [2.24, 2.45) is 5.92 Å². The molecular formula is C20H33NaO3S. The van der Waals surface area contributed by atoms with Gasteiger partial charge in [0.1, 0.15) is 10.1 Å². The fourth-order valence-electron chi connectivity index (χ4n) is 3.10. The van der Waals surface area contributed by atoms with Crippen molar-refractivity contribution in [1.29, 1.82) is 0 Å². The minimum Gasteiger partial charge on any atom is -0.744 e. The topological polar surface area (TPSA) is 57.2 Å². The molecule has 0 saturated heterocycles. The molecular weight excluding hydrogens is 343 g/mol. The molecule has 0 aliphatic heterocycles. The van der Waals surface area contributed by atoms with Crippen LogP contribution in [0.2, 0.25) is 0 Å². The summed E-state index contributed by atoms with van der Waals surface area (Å²) in [6.07, 6.45) is 14.3. The molecule has 5 heteroatoms. The summed E-state index contributed by atoms with van der Waals surface area (Å²) in [5.74, 6) is 0.587. The van der Waals surface area contributed by atoms with E-state index in [1.807, 2.05) is 0 Å². The molecule has 0 N–H and O–H groups in total. The molecule has 25 heavy (non-hydrogen) atoms. The van der Waals surface area contributed by atoms with E-state index in [0.29, 0.717) is 5.92 Å². The van der Waals surface area contributed by atoms with Gasteiger partial charge >= 0.3 is 29.6 Å². The molecule has 0 heterocycles. The largest absolute Gasteiger partial charge is 1.00 e. The summed E-state index contributed by atoms with van der Waals surface area (Å²) in [7, 11) is -4.33. The molecule has 0 saturated carbocycles. The Morgan fingerprint density at radius 2 is 1.36 bits per heavy atom. The monoisotopic (exact) mass is 376 g/mol. The second kappa shape index (κ2) is 14.2. The van der Waals surface area contributed by atoms with E-state index in [0.717, 1.165) is 12.0 Å². The molecule has 0 bridgehead atoms. The van der Waals surface area contributed by atoms with Gasteiger partial charge in [-0.25, -0.2) is 8.42 Å². The SMILES string of the molecule is CCCCCCCCCCCC(C)Cc1ccc(S(=O)(=O)[O-])cc1.[Na+]. The molecule has 138 valence electrons. The number of hydrogen-bond acceptors (Lipinski definition) is 3. The summed E-state index contributed by atoms with van der Waals surface area (Å²) >= 11 is 0. The van der Waals surface area contributed by atoms with Crippen LogP contribution in [0.1, 0.15) is 83.6 Å². The zero-order chi connectivity index (χ0) is 17.8. The van der Waals surface area contributed by atoms with Crippen molar-refractivity contribution < 1.29 is 42.5 Å². The molecule has 1 aromatic rings. The molecule has 0 radical (unpaired) electrons. The van der Waals surface area contributed by atoms with Crippen LogP contribution in [0.4, 0.5) is 0 Å². The predicted molar refractivity (Wildman–Crippen MR) is 99.1 cm³/mol. The third-order valence-electron chi connectivity index (χ3n) is 4.60. The van der Waals surface area contributed by atoms with Crippen LogP contribution in [0.25, 0.3) is 0 Å². The molecule has 1 rings (SSSR count). The predicted octanol–water partition coefficient (Wildman–Crippen LogP) is 2.69. The molecule has 1 atom stereocenters. The Bertz CT molecular complexity index is 541. The Kier molecular flexibility index (Phi) is 14.3. The Morgan fingerprint density at radius 3 is 1.84 bits per heavy atom. The van der Waals surface area contributed by atoms with Crippen LogP contribution in [0.5, 0.6) is 0 Å². The molecule has 3 nitrogen and oxygen atoms in total. The standard InChI is InChI=1S/C20H34O3S.Na/c1-3-4-5-6-7-8-9-10-11-12-18(2)17-19-13-15-20(16-14-19)24(21,22)23;/h13-16,18H,3-12,17H2,1-2H3,(H,21,22,23);/q;+1/p-1. The van der Waals surface area contributed by atoms with Gasteiger partial charge in [-0.1, -0.05) is 90.2 Å². The molecule has 0 aromatic heterocycles. The summed E-state index contributed by atoms with van der Waals surface area (Å²) in [6.45, 7) is 4.49. The van der Waals surface area contributed by atoms with E-state index >= 15 is 0 Å². The van der Waals surface area contributed by atoms with Crippen LogP contribution in [0.15, 0.2) is 29.2 Å². The van der Waals surface area contributed by atoms with Crippen LogP contribution < -0.4 is 29.6 Å². The van der Waals surface area contributed by atoms with E-state index in [-0.39, 0.29) is 34.5 Å². The molecule has 0 amide bonds. The van der Waals surface area contributed by atoms with E-state index in [9.17, 15) is 13.0 Å². The van der Waals surface area contributed by atoms with Gasteiger partial charge < -0.3 is 4.55 Å². The van der Waals surface area contributed by atoms with Crippen LogP contribution in [-0.4, -0.2) is 13.0 Å². The van der Waals surface area contributed by atoms with Gasteiger partial charge in [-0.3, -0.25) is 0 Å². The third kappa shape index (κ3) is 12.2. The number of rotatable bonds is 13. The van der Waals surface area contributed by atoms with Gasteiger partial charge in [0, 0.05) is 0 Å². The summed E-state index contributed by atoms with van der Waals surface area (Å²) in [4.78, 5) is -0.141. The summed E-state index contributed by atoms with van der Waals surface area (Å²) in [6, 6.07) is 6.36. The maximum Gasteiger partial charge on any atom is 1.00 e. The van der Waals surface area contributed by atoms with Gasteiger partial charge in [-0.05, 0) is 30.0 Å². The molecule has 0 fully saturated rings. The van der Waals surface area contributed by atoms with Crippen LogP contribution >= 0.6 is 0 Å². The fourth-order valence-corrected chi connectivity index (χ4v) is 3.57. The minimum absolute atomic E-state index is 0. The molecule has 0 aliphatic rings. The summed E-state index contributed by atoms with van der Waals surface area (Å²) < 4.78 is 32.7. The van der Waals surface area contributed by atoms with Crippen LogP contribution in [0.3, 0.4) is 0 Å². The maximum atomic E-state index is 10.9. The Balaban J connectivity index is 0.00000576. The van der Waals surface area contributed by atoms with Gasteiger partial charge in [0.15, 0.2) is 0 Å². The Labute approximate surface area is 177 Å². The zero-order valence-corrected chi connectivity index (χ0v) is 19.1. The van der Waals surface area contributed by atoms with Gasteiger partial charge in [-0.15, -0.1) is 0 Å².